The van der Waals surface area contributed by atoms with Gasteiger partial charge in [0, 0.05) is 40.4 Å². The van der Waals surface area contributed by atoms with Gasteiger partial charge in [0.2, 0.25) is 17.8 Å². The van der Waals surface area contributed by atoms with Gasteiger partial charge in [0.25, 0.3) is 0 Å². The highest BCUT2D eigenvalue weighted by molar-refractivity contribution is 5.43. The number of ether oxygens (including phenoxy) is 1. The van der Waals surface area contributed by atoms with Gasteiger partial charge in [-0.3, -0.25) is 0 Å². The minimum Gasteiger partial charge on any atom is -0.385 e. The molecule has 7 heteroatoms. The summed E-state index contributed by atoms with van der Waals surface area (Å²) in [6.07, 6.45) is 2.05. The van der Waals surface area contributed by atoms with Gasteiger partial charge in [0.05, 0.1) is 0 Å². The van der Waals surface area contributed by atoms with Crippen LogP contribution in [0.4, 0.5) is 17.8 Å². The molecule has 0 aliphatic rings. The lowest BCUT2D eigenvalue weighted by molar-refractivity contribution is 0.193. The molecule has 0 bridgehead atoms. The van der Waals surface area contributed by atoms with Crippen molar-refractivity contribution in [3.8, 4) is 0 Å². The Morgan fingerprint density at radius 1 is 1.05 bits per heavy atom. The quantitative estimate of drug-likeness (QED) is 0.631. The van der Waals surface area contributed by atoms with Gasteiger partial charge in [0.1, 0.15) is 0 Å². The minimum absolute atomic E-state index is 0.585. The number of nitrogens with one attached hydrogen (secondary N) is 2. The maximum absolute atomic E-state index is 5.02. The van der Waals surface area contributed by atoms with Gasteiger partial charge in [-0.05, 0) is 26.7 Å². The van der Waals surface area contributed by atoms with E-state index in [0.29, 0.717) is 17.8 Å². The van der Waals surface area contributed by atoms with Crippen molar-refractivity contribution in [3.05, 3.63) is 0 Å². The van der Waals surface area contributed by atoms with Crippen LogP contribution in [-0.2, 0) is 4.74 Å². The Kier molecular flexibility index (Phi) is 7.64. The number of nitrogens with zero attached hydrogens (tertiary/aromatic N) is 4. The topological polar surface area (TPSA) is 75.2 Å². The summed E-state index contributed by atoms with van der Waals surface area (Å²) in [5, 5.41) is 6.21. The molecule has 1 heterocycles. The average molecular weight is 282 g/mol. The average Bonchev–Trinajstić information content (AvgIpc) is 2.48. The van der Waals surface area contributed by atoms with E-state index < -0.39 is 0 Å². The third-order valence-electron chi connectivity index (χ3n) is 2.95. The van der Waals surface area contributed by atoms with E-state index >= 15 is 0 Å². The Bertz CT molecular complexity index is 383. The summed E-state index contributed by atoms with van der Waals surface area (Å²) < 4.78 is 5.02. The largest absolute Gasteiger partial charge is 0.385 e. The van der Waals surface area contributed by atoms with E-state index in [1.54, 1.807) is 7.11 Å². The number of hydrogen-bond acceptors (Lipinski definition) is 7. The molecule has 0 unspecified atom stereocenters. The lowest BCUT2D eigenvalue weighted by Gasteiger charge is -2.19. The van der Waals surface area contributed by atoms with E-state index in [1.807, 2.05) is 7.05 Å². The molecule has 0 aromatic carbocycles. The summed E-state index contributed by atoms with van der Waals surface area (Å²) in [6.45, 7) is 7.53. The molecule has 0 amide bonds. The molecule has 1 aromatic heterocycles. The van der Waals surface area contributed by atoms with E-state index in [4.69, 9.17) is 4.74 Å². The smallest absolute Gasteiger partial charge is 0.231 e. The minimum atomic E-state index is 0.585. The van der Waals surface area contributed by atoms with Crippen molar-refractivity contribution in [2.45, 2.75) is 26.7 Å². The fraction of sp³-hybridized carbons (Fsp3) is 0.769. The molecule has 2 N–H and O–H groups in total. The number of aromatic nitrogens is 3. The van der Waals surface area contributed by atoms with Crippen LogP contribution in [0.2, 0.25) is 0 Å². The lowest BCUT2D eigenvalue weighted by atomic mass is 10.3. The zero-order valence-electron chi connectivity index (χ0n) is 12.9. The third-order valence-corrected chi connectivity index (χ3v) is 2.95. The summed E-state index contributed by atoms with van der Waals surface area (Å²) >= 11 is 0. The molecule has 7 nitrogen and oxygen atoms in total. The first kappa shape index (κ1) is 16.4. The van der Waals surface area contributed by atoms with Gasteiger partial charge in [-0.1, -0.05) is 0 Å². The predicted octanol–water partition coefficient (Wildman–Crippen LogP) is 1.60. The molecule has 114 valence electrons. The molecular formula is C13H26N6O. The Labute approximate surface area is 121 Å². The highest BCUT2D eigenvalue weighted by Crippen LogP contribution is 2.13. The first-order chi connectivity index (χ1) is 9.74. The van der Waals surface area contributed by atoms with Crippen molar-refractivity contribution in [3.63, 3.8) is 0 Å². The molecule has 0 aliphatic heterocycles. The van der Waals surface area contributed by atoms with E-state index in [9.17, 15) is 0 Å². The highest BCUT2D eigenvalue weighted by atomic mass is 16.5. The molecule has 0 radical (unpaired) electrons. The van der Waals surface area contributed by atoms with Crippen LogP contribution < -0.4 is 15.5 Å². The second-order valence-corrected chi connectivity index (χ2v) is 4.33. The van der Waals surface area contributed by atoms with Crippen LogP contribution in [0.25, 0.3) is 0 Å². The van der Waals surface area contributed by atoms with Gasteiger partial charge >= 0.3 is 0 Å². The van der Waals surface area contributed by atoms with Crippen LogP contribution in [0.15, 0.2) is 0 Å². The van der Waals surface area contributed by atoms with Crippen molar-refractivity contribution >= 4 is 17.8 Å². The van der Waals surface area contributed by atoms with Crippen molar-refractivity contribution in [1.29, 1.82) is 0 Å². The van der Waals surface area contributed by atoms with Crippen molar-refractivity contribution in [1.82, 2.24) is 15.0 Å². The number of methoxy groups -OCH3 is 1. The number of rotatable bonds is 10. The number of anilines is 3. The van der Waals surface area contributed by atoms with Gasteiger partial charge in [-0.2, -0.15) is 15.0 Å². The van der Waals surface area contributed by atoms with Gasteiger partial charge in [0.15, 0.2) is 0 Å². The van der Waals surface area contributed by atoms with Crippen LogP contribution in [0.5, 0.6) is 0 Å². The van der Waals surface area contributed by atoms with Gasteiger partial charge in [-0.25, -0.2) is 0 Å². The summed E-state index contributed by atoms with van der Waals surface area (Å²) in [7, 11) is 3.53. The Hall–Kier alpha value is -1.63. The van der Waals surface area contributed by atoms with E-state index in [-0.39, 0.29) is 0 Å². The molecule has 0 saturated carbocycles. The SMILES string of the molecule is CCN(CC)c1nc(NC)nc(NCCCCOC)n1. The zero-order chi connectivity index (χ0) is 14.8. The fourth-order valence-electron chi connectivity index (χ4n) is 1.78. The molecule has 0 atom stereocenters. The Morgan fingerprint density at radius 3 is 2.35 bits per heavy atom. The first-order valence-electron chi connectivity index (χ1n) is 7.16. The highest BCUT2D eigenvalue weighted by Gasteiger charge is 2.10. The van der Waals surface area contributed by atoms with Crippen molar-refractivity contribution in [2.75, 3.05) is 55.9 Å². The fourth-order valence-corrected chi connectivity index (χ4v) is 1.78. The molecular weight excluding hydrogens is 256 g/mol. The van der Waals surface area contributed by atoms with E-state index in [1.165, 1.54) is 0 Å². The van der Waals surface area contributed by atoms with Crippen molar-refractivity contribution < 1.29 is 4.74 Å². The molecule has 20 heavy (non-hydrogen) atoms. The summed E-state index contributed by atoms with van der Waals surface area (Å²) in [5.74, 6) is 1.90. The Balaban J connectivity index is 2.67. The second-order valence-electron chi connectivity index (χ2n) is 4.33. The Morgan fingerprint density at radius 2 is 1.75 bits per heavy atom. The molecule has 0 spiro atoms. The predicted molar refractivity (Wildman–Crippen MR) is 82.5 cm³/mol. The third kappa shape index (κ3) is 5.16. The second kappa shape index (κ2) is 9.30. The van der Waals surface area contributed by atoms with Crippen LogP contribution in [0.3, 0.4) is 0 Å². The summed E-state index contributed by atoms with van der Waals surface area (Å²) in [5.41, 5.74) is 0. The summed E-state index contributed by atoms with van der Waals surface area (Å²) in [6, 6.07) is 0. The maximum atomic E-state index is 5.02. The van der Waals surface area contributed by atoms with Crippen LogP contribution in [-0.4, -0.2) is 55.4 Å². The standard InChI is InChI=1S/C13H26N6O/c1-5-19(6-2)13-17-11(14-3)16-12(18-13)15-9-7-8-10-20-4/h5-10H2,1-4H3,(H2,14,15,16,17,18). The lowest BCUT2D eigenvalue weighted by Crippen LogP contribution is -2.25. The van der Waals surface area contributed by atoms with Crippen LogP contribution in [0, 0.1) is 0 Å². The monoisotopic (exact) mass is 282 g/mol. The summed E-state index contributed by atoms with van der Waals surface area (Å²) in [4.78, 5) is 15.3. The van der Waals surface area contributed by atoms with Crippen LogP contribution in [0.1, 0.15) is 26.7 Å². The van der Waals surface area contributed by atoms with E-state index in [0.717, 1.165) is 39.1 Å². The normalized spacial score (nSPS) is 10.4. The molecule has 0 fully saturated rings. The van der Waals surface area contributed by atoms with E-state index in [2.05, 4.69) is 44.3 Å². The molecule has 1 aromatic rings. The first-order valence-corrected chi connectivity index (χ1v) is 7.16. The number of hydrogen-bond donors (Lipinski definition) is 2. The zero-order valence-corrected chi connectivity index (χ0v) is 12.9. The molecule has 1 rings (SSSR count). The number of unbranched alkanes of at least 4 members (excludes halogenated alkanes) is 1. The van der Waals surface area contributed by atoms with Gasteiger partial charge < -0.3 is 20.3 Å². The van der Waals surface area contributed by atoms with Gasteiger partial charge in [-0.15, -0.1) is 0 Å². The van der Waals surface area contributed by atoms with Crippen molar-refractivity contribution in [2.24, 2.45) is 0 Å². The molecule has 0 aliphatic carbocycles. The molecule has 0 saturated heterocycles. The van der Waals surface area contributed by atoms with Crippen LogP contribution >= 0.6 is 0 Å². The maximum Gasteiger partial charge on any atom is 0.231 e.